The third kappa shape index (κ3) is 5.31. The lowest BCUT2D eigenvalue weighted by atomic mass is 10.0. The first-order chi connectivity index (χ1) is 8.55. The Kier molecular flexibility index (Phi) is 10.1. The average Bonchev–Trinajstić information content (AvgIpc) is 2.25. The number of benzene rings is 1. The number of rotatable bonds is 4. The fraction of sp³-hybridized carbons (Fsp3) is 0. The molecule has 0 bridgehead atoms. The normalized spacial score (nSPS) is 9.50. The molecule has 0 aliphatic carbocycles. The first kappa shape index (κ1) is 25.4. The zero-order valence-corrected chi connectivity index (χ0v) is 13.4. The number of carbonyl (C=O) groups is 3. The molecule has 0 atom stereocenters. The molecule has 22 heavy (non-hydrogen) atoms. The second-order valence-electron chi connectivity index (χ2n) is 3.29. The van der Waals surface area contributed by atoms with Gasteiger partial charge in [-0.1, -0.05) is 0 Å². The highest BCUT2D eigenvalue weighted by molar-refractivity contribution is 7.86. The predicted octanol–water partition coefficient (Wildman–Crippen LogP) is 1.29. The van der Waals surface area contributed by atoms with E-state index < -0.39 is 49.6 Å². The molecule has 0 saturated heterocycles. The van der Waals surface area contributed by atoms with Gasteiger partial charge in [0, 0.05) is 0 Å². The molecule has 0 aliphatic rings. The van der Waals surface area contributed by atoms with Crippen LogP contribution < -0.4 is 0 Å². The van der Waals surface area contributed by atoms with Gasteiger partial charge in [-0.2, -0.15) is 8.42 Å². The van der Waals surface area contributed by atoms with Crippen molar-refractivity contribution in [2.24, 2.45) is 0 Å². The van der Waals surface area contributed by atoms with E-state index in [1.54, 1.807) is 0 Å². The van der Waals surface area contributed by atoms with Gasteiger partial charge < -0.3 is 15.3 Å². The zero-order valence-electron chi connectivity index (χ0n) is 10.1. The minimum atomic E-state index is -5.10. The summed E-state index contributed by atoms with van der Waals surface area (Å²) in [5, 5.41) is 26.3. The summed E-state index contributed by atoms with van der Waals surface area (Å²) in [6, 6.07) is 0.857. The summed E-state index contributed by atoms with van der Waals surface area (Å²) in [6.07, 6.45) is 0. The van der Waals surface area contributed by atoms with E-state index in [0.29, 0.717) is 12.1 Å². The van der Waals surface area contributed by atoms with E-state index in [-0.39, 0.29) is 37.2 Å². The molecule has 0 spiro atoms. The Morgan fingerprint density at radius 1 is 0.818 bits per heavy atom. The van der Waals surface area contributed by atoms with Gasteiger partial charge in [0.2, 0.25) is 0 Å². The Morgan fingerprint density at radius 3 is 1.55 bits per heavy atom. The van der Waals surface area contributed by atoms with Crippen molar-refractivity contribution >= 4 is 65.2 Å². The van der Waals surface area contributed by atoms with Gasteiger partial charge in [-0.05, 0) is 12.1 Å². The van der Waals surface area contributed by atoms with Gasteiger partial charge in [0.1, 0.15) is 4.90 Å². The summed E-state index contributed by atoms with van der Waals surface area (Å²) < 4.78 is 30.9. The van der Waals surface area contributed by atoms with Crippen LogP contribution in [0.1, 0.15) is 31.1 Å². The maximum Gasteiger partial charge on any atom is 0.338 e. The van der Waals surface area contributed by atoms with Crippen molar-refractivity contribution < 1.29 is 42.7 Å². The second kappa shape index (κ2) is 8.76. The maximum atomic E-state index is 11.0. The smallest absolute Gasteiger partial charge is 0.338 e. The first-order valence-electron chi connectivity index (χ1n) is 4.41. The lowest BCUT2D eigenvalue weighted by Crippen LogP contribution is -2.16. The van der Waals surface area contributed by atoms with Gasteiger partial charge in [0.15, 0.2) is 0 Å². The third-order valence-corrected chi connectivity index (χ3v) is 2.95. The highest BCUT2D eigenvalue weighted by Crippen LogP contribution is 2.23. The Labute approximate surface area is 141 Å². The van der Waals surface area contributed by atoms with E-state index in [2.05, 4.69) is 0 Å². The molecule has 0 unspecified atom stereocenters. The van der Waals surface area contributed by atoms with Crippen LogP contribution in [0, 0.1) is 0 Å². The molecule has 126 valence electrons. The minimum Gasteiger partial charge on any atom is -0.478 e. The van der Waals surface area contributed by atoms with E-state index in [1.165, 1.54) is 0 Å². The van der Waals surface area contributed by atoms with Gasteiger partial charge >= 0.3 is 17.9 Å². The Hall–Kier alpha value is -1.59. The molecule has 0 radical (unpaired) electrons. The van der Waals surface area contributed by atoms with Gasteiger partial charge in [-0.3, -0.25) is 4.55 Å². The standard InChI is InChI=1S/C9H6O9S.3ClH/c10-7(11)3-1-4(8(12)13)6(9(14)15)5(2-3)19(16,17)18;;;/h1-2H,(H,10,11)(H,12,13)(H,14,15)(H,16,17,18);3*1H. The van der Waals surface area contributed by atoms with Gasteiger partial charge in [0.25, 0.3) is 10.1 Å². The molecular formula is C9H9Cl3O9S. The molecule has 0 aromatic heterocycles. The monoisotopic (exact) mass is 398 g/mol. The number of carboxylic acid groups (broad SMARTS) is 3. The van der Waals surface area contributed by atoms with Gasteiger partial charge in [0.05, 0.1) is 16.7 Å². The molecule has 4 N–H and O–H groups in total. The number of carboxylic acids is 3. The molecule has 0 heterocycles. The molecule has 1 aromatic rings. The fourth-order valence-electron chi connectivity index (χ4n) is 1.33. The fourth-order valence-corrected chi connectivity index (χ4v) is 2.06. The number of halogens is 3. The van der Waals surface area contributed by atoms with E-state index in [0.717, 1.165) is 0 Å². The summed E-state index contributed by atoms with van der Waals surface area (Å²) in [5.41, 5.74) is -3.05. The van der Waals surface area contributed by atoms with E-state index in [9.17, 15) is 22.8 Å². The highest BCUT2D eigenvalue weighted by atomic mass is 35.5. The number of aromatic carboxylic acids is 3. The van der Waals surface area contributed by atoms with Gasteiger partial charge in [-0.15, -0.1) is 37.2 Å². The lowest BCUT2D eigenvalue weighted by Gasteiger charge is -2.08. The Balaban J connectivity index is -0.00000120. The number of hydrogen-bond acceptors (Lipinski definition) is 5. The Bertz CT molecular complexity index is 699. The van der Waals surface area contributed by atoms with Crippen LogP contribution in [0.4, 0.5) is 0 Å². The van der Waals surface area contributed by atoms with Crippen LogP contribution in [0.3, 0.4) is 0 Å². The molecule has 1 aromatic carbocycles. The summed E-state index contributed by atoms with van der Waals surface area (Å²) in [5.74, 6) is -5.45. The van der Waals surface area contributed by atoms with Crippen LogP contribution in [-0.2, 0) is 10.1 Å². The molecule has 9 nitrogen and oxygen atoms in total. The van der Waals surface area contributed by atoms with Crippen molar-refractivity contribution in [1.82, 2.24) is 0 Å². The molecule has 0 fully saturated rings. The van der Waals surface area contributed by atoms with E-state index in [1.807, 2.05) is 0 Å². The molecular weight excluding hydrogens is 391 g/mol. The summed E-state index contributed by atoms with van der Waals surface area (Å²) in [4.78, 5) is 31.2. The van der Waals surface area contributed by atoms with Crippen LogP contribution in [0.5, 0.6) is 0 Å². The molecule has 0 amide bonds. The van der Waals surface area contributed by atoms with Crippen molar-refractivity contribution in [2.75, 3.05) is 0 Å². The zero-order chi connectivity index (χ0) is 15.0. The average molecular weight is 400 g/mol. The topological polar surface area (TPSA) is 166 Å². The van der Waals surface area contributed by atoms with Crippen molar-refractivity contribution in [3.8, 4) is 0 Å². The largest absolute Gasteiger partial charge is 0.478 e. The second-order valence-corrected chi connectivity index (χ2v) is 4.68. The van der Waals surface area contributed by atoms with Gasteiger partial charge in [-0.25, -0.2) is 14.4 Å². The molecule has 13 heteroatoms. The van der Waals surface area contributed by atoms with Crippen LogP contribution in [-0.4, -0.2) is 46.2 Å². The predicted molar refractivity (Wildman–Crippen MR) is 78.9 cm³/mol. The summed E-state index contributed by atoms with van der Waals surface area (Å²) in [6.45, 7) is 0. The highest BCUT2D eigenvalue weighted by Gasteiger charge is 2.29. The maximum absolute atomic E-state index is 11.0. The summed E-state index contributed by atoms with van der Waals surface area (Å²) in [7, 11) is -5.10. The van der Waals surface area contributed by atoms with E-state index >= 15 is 0 Å². The van der Waals surface area contributed by atoms with Crippen LogP contribution in [0.15, 0.2) is 17.0 Å². The molecule has 0 aliphatic heterocycles. The third-order valence-electron chi connectivity index (χ3n) is 2.07. The lowest BCUT2D eigenvalue weighted by molar-refractivity contribution is 0.0645. The van der Waals surface area contributed by atoms with E-state index in [4.69, 9.17) is 19.9 Å². The SMILES string of the molecule is Cl.Cl.Cl.O=C(O)c1cc(C(=O)O)c(C(=O)O)c(S(=O)(=O)O)c1. The molecule has 1 rings (SSSR count). The van der Waals surface area contributed by atoms with Crippen LogP contribution in [0.2, 0.25) is 0 Å². The number of hydrogen-bond donors (Lipinski definition) is 4. The van der Waals surface area contributed by atoms with Crippen molar-refractivity contribution in [2.45, 2.75) is 4.90 Å². The van der Waals surface area contributed by atoms with Crippen LogP contribution >= 0.6 is 37.2 Å². The summed E-state index contributed by atoms with van der Waals surface area (Å²) >= 11 is 0. The van der Waals surface area contributed by atoms with Crippen molar-refractivity contribution in [3.05, 3.63) is 28.8 Å². The van der Waals surface area contributed by atoms with Crippen LogP contribution in [0.25, 0.3) is 0 Å². The first-order valence-corrected chi connectivity index (χ1v) is 5.85. The quantitative estimate of drug-likeness (QED) is 0.545. The molecule has 0 saturated carbocycles. The van der Waals surface area contributed by atoms with Crippen molar-refractivity contribution in [1.29, 1.82) is 0 Å². The Morgan fingerprint density at radius 2 is 1.27 bits per heavy atom. The minimum absolute atomic E-state index is 0. The van der Waals surface area contributed by atoms with Crippen molar-refractivity contribution in [3.63, 3.8) is 0 Å².